The summed E-state index contributed by atoms with van der Waals surface area (Å²) in [5, 5.41) is 0.565. The molecule has 1 saturated heterocycles. The summed E-state index contributed by atoms with van der Waals surface area (Å²) >= 11 is 12.0. The van der Waals surface area contributed by atoms with Gasteiger partial charge in [0.25, 0.3) is 0 Å². The molecule has 0 atom stereocenters. The van der Waals surface area contributed by atoms with Crippen molar-refractivity contribution in [3.05, 3.63) is 11.2 Å². The number of ether oxygens (including phenoxy) is 1. The average molecular weight is 276 g/mol. The second kappa shape index (κ2) is 5.74. The van der Waals surface area contributed by atoms with E-state index < -0.39 is 0 Å². The number of hydrogen-bond donors (Lipinski definition) is 0. The van der Waals surface area contributed by atoms with Gasteiger partial charge in [0.15, 0.2) is 5.82 Å². The molecule has 94 valence electrons. The Hall–Kier alpha value is -0.740. The molecule has 1 aromatic heterocycles. The zero-order valence-corrected chi connectivity index (χ0v) is 11.2. The maximum absolute atomic E-state index is 6.11. The minimum Gasteiger partial charge on any atom is -0.467 e. The van der Waals surface area contributed by atoms with Crippen LogP contribution < -0.4 is 9.64 Å². The van der Waals surface area contributed by atoms with Gasteiger partial charge in [0.05, 0.1) is 13.3 Å². The third kappa shape index (κ3) is 2.93. The minimum absolute atomic E-state index is 0.351. The van der Waals surface area contributed by atoms with E-state index in [9.17, 15) is 0 Å². The summed E-state index contributed by atoms with van der Waals surface area (Å²) in [6.45, 7) is 1.86. The monoisotopic (exact) mass is 275 g/mol. The molecule has 0 N–H and O–H groups in total. The topological polar surface area (TPSA) is 38.2 Å². The summed E-state index contributed by atoms with van der Waals surface area (Å²) in [4.78, 5) is 10.4. The number of nitrogens with zero attached hydrogens (tertiary/aromatic N) is 3. The predicted molar refractivity (Wildman–Crippen MR) is 69.3 cm³/mol. The molecule has 2 rings (SSSR count). The standard InChI is InChI=1S/C11H15Cl2N3O/c1-17-11-14-7-9(13)10(15-11)16-4-2-8(6-12)3-5-16/h7-8H,2-6H2,1H3. The summed E-state index contributed by atoms with van der Waals surface area (Å²) < 4.78 is 5.01. The molecule has 0 spiro atoms. The summed E-state index contributed by atoms with van der Waals surface area (Å²) in [7, 11) is 1.55. The van der Waals surface area contributed by atoms with E-state index in [1.165, 1.54) is 0 Å². The summed E-state index contributed by atoms with van der Waals surface area (Å²) in [5.41, 5.74) is 0. The van der Waals surface area contributed by atoms with Gasteiger partial charge in [-0.3, -0.25) is 0 Å². The molecule has 1 fully saturated rings. The number of anilines is 1. The Balaban J connectivity index is 2.12. The van der Waals surface area contributed by atoms with Crippen LogP contribution in [0.25, 0.3) is 0 Å². The maximum atomic E-state index is 6.11. The highest BCUT2D eigenvalue weighted by atomic mass is 35.5. The quantitative estimate of drug-likeness (QED) is 0.795. The van der Waals surface area contributed by atoms with E-state index in [1.807, 2.05) is 0 Å². The van der Waals surface area contributed by atoms with Gasteiger partial charge in [0.1, 0.15) is 5.02 Å². The number of halogens is 2. The number of alkyl halides is 1. The molecule has 17 heavy (non-hydrogen) atoms. The van der Waals surface area contributed by atoms with Gasteiger partial charge >= 0.3 is 6.01 Å². The lowest BCUT2D eigenvalue weighted by molar-refractivity contribution is 0.378. The molecule has 6 heteroatoms. The first-order chi connectivity index (χ1) is 8.24. The second-order valence-electron chi connectivity index (χ2n) is 4.11. The van der Waals surface area contributed by atoms with Crippen molar-refractivity contribution in [3.63, 3.8) is 0 Å². The van der Waals surface area contributed by atoms with Crippen LogP contribution in [0.5, 0.6) is 6.01 Å². The molecule has 1 aliphatic rings. The highest BCUT2D eigenvalue weighted by Crippen LogP contribution is 2.28. The lowest BCUT2D eigenvalue weighted by Gasteiger charge is -2.32. The molecule has 0 saturated carbocycles. The van der Waals surface area contributed by atoms with Gasteiger partial charge in [-0.2, -0.15) is 4.98 Å². The Morgan fingerprint density at radius 3 is 2.76 bits per heavy atom. The summed E-state index contributed by atoms with van der Waals surface area (Å²) in [6, 6.07) is 0.351. The molecule has 0 aromatic carbocycles. The van der Waals surface area contributed by atoms with Crippen molar-refractivity contribution >= 4 is 29.0 Å². The Morgan fingerprint density at radius 1 is 1.47 bits per heavy atom. The molecular formula is C11H15Cl2N3O. The van der Waals surface area contributed by atoms with Gasteiger partial charge in [-0.05, 0) is 18.8 Å². The lowest BCUT2D eigenvalue weighted by Crippen LogP contribution is -2.35. The number of piperidine rings is 1. The molecule has 0 unspecified atom stereocenters. The van der Waals surface area contributed by atoms with E-state index in [1.54, 1.807) is 13.3 Å². The number of rotatable bonds is 3. The lowest BCUT2D eigenvalue weighted by atomic mass is 9.99. The van der Waals surface area contributed by atoms with E-state index in [2.05, 4.69) is 14.9 Å². The van der Waals surface area contributed by atoms with Crippen LogP contribution in [-0.2, 0) is 0 Å². The Morgan fingerprint density at radius 2 is 2.18 bits per heavy atom. The number of aromatic nitrogens is 2. The Bertz CT molecular complexity index is 381. The van der Waals surface area contributed by atoms with E-state index in [0.717, 1.165) is 37.6 Å². The van der Waals surface area contributed by atoms with Crippen LogP contribution in [0.1, 0.15) is 12.8 Å². The van der Waals surface area contributed by atoms with E-state index >= 15 is 0 Å². The van der Waals surface area contributed by atoms with Crippen LogP contribution in [0, 0.1) is 5.92 Å². The van der Waals surface area contributed by atoms with E-state index in [-0.39, 0.29) is 0 Å². The van der Waals surface area contributed by atoms with Gasteiger partial charge in [0, 0.05) is 19.0 Å². The summed E-state index contributed by atoms with van der Waals surface area (Å²) in [5.74, 6) is 2.09. The van der Waals surface area contributed by atoms with E-state index in [4.69, 9.17) is 27.9 Å². The molecule has 0 bridgehead atoms. The normalized spacial score (nSPS) is 17.2. The van der Waals surface area contributed by atoms with Crippen molar-refractivity contribution in [2.45, 2.75) is 12.8 Å². The fraction of sp³-hybridized carbons (Fsp3) is 0.636. The molecular weight excluding hydrogens is 261 g/mol. The van der Waals surface area contributed by atoms with E-state index in [0.29, 0.717) is 17.0 Å². The number of methoxy groups -OCH3 is 1. The van der Waals surface area contributed by atoms with Crippen molar-refractivity contribution in [2.24, 2.45) is 5.92 Å². The van der Waals surface area contributed by atoms with Crippen molar-refractivity contribution in [1.29, 1.82) is 0 Å². The van der Waals surface area contributed by atoms with Crippen LogP contribution in [0.15, 0.2) is 6.20 Å². The van der Waals surface area contributed by atoms with Crippen LogP contribution >= 0.6 is 23.2 Å². The molecule has 4 nitrogen and oxygen atoms in total. The van der Waals surface area contributed by atoms with Crippen molar-refractivity contribution in [3.8, 4) is 6.01 Å². The first kappa shape index (κ1) is 12.7. The van der Waals surface area contributed by atoms with Gasteiger partial charge in [-0.1, -0.05) is 11.6 Å². The number of hydrogen-bond acceptors (Lipinski definition) is 4. The van der Waals surface area contributed by atoms with Crippen LogP contribution in [-0.4, -0.2) is 36.0 Å². The zero-order valence-electron chi connectivity index (χ0n) is 9.70. The average Bonchev–Trinajstić information content (AvgIpc) is 2.39. The highest BCUT2D eigenvalue weighted by molar-refractivity contribution is 6.32. The second-order valence-corrected chi connectivity index (χ2v) is 4.83. The van der Waals surface area contributed by atoms with Crippen LogP contribution in [0.3, 0.4) is 0 Å². The van der Waals surface area contributed by atoms with Crippen molar-refractivity contribution in [2.75, 3.05) is 31.0 Å². The third-order valence-electron chi connectivity index (χ3n) is 3.02. The Labute approximate surface area is 111 Å². The minimum atomic E-state index is 0.351. The SMILES string of the molecule is COc1ncc(Cl)c(N2CCC(CCl)CC2)n1. The third-order valence-corrected chi connectivity index (χ3v) is 3.72. The molecule has 1 aliphatic heterocycles. The van der Waals surface area contributed by atoms with Crippen LogP contribution in [0.4, 0.5) is 5.82 Å². The fourth-order valence-electron chi connectivity index (χ4n) is 1.96. The Kier molecular flexibility index (Phi) is 4.29. The van der Waals surface area contributed by atoms with Gasteiger partial charge in [-0.25, -0.2) is 4.98 Å². The fourth-order valence-corrected chi connectivity index (χ4v) is 2.48. The van der Waals surface area contributed by atoms with Crippen LogP contribution in [0.2, 0.25) is 5.02 Å². The molecule has 2 heterocycles. The highest BCUT2D eigenvalue weighted by Gasteiger charge is 2.21. The van der Waals surface area contributed by atoms with Gasteiger partial charge < -0.3 is 9.64 Å². The predicted octanol–water partition coefficient (Wildman–Crippen LogP) is 2.59. The molecule has 0 amide bonds. The van der Waals surface area contributed by atoms with Crippen molar-refractivity contribution < 1.29 is 4.74 Å². The van der Waals surface area contributed by atoms with Crippen molar-refractivity contribution in [1.82, 2.24) is 9.97 Å². The van der Waals surface area contributed by atoms with Gasteiger partial charge in [-0.15, -0.1) is 11.6 Å². The first-order valence-corrected chi connectivity index (χ1v) is 6.53. The molecule has 1 aromatic rings. The maximum Gasteiger partial charge on any atom is 0.318 e. The molecule has 0 aliphatic carbocycles. The molecule has 0 radical (unpaired) electrons. The van der Waals surface area contributed by atoms with Gasteiger partial charge in [0.2, 0.25) is 0 Å². The largest absolute Gasteiger partial charge is 0.467 e. The first-order valence-electron chi connectivity index (χ1n) is 5.62. The smallest absolute Gasteiger partial charge is 0.318 e. The summed E-state index contributed by atoms with van der Waals surface area (Å²) in [6.07, 6.45) is 3.73. The zero-order chi connectivity index (χ0) is 12.3.